The molecule has 1 aliphatic rings. The number of ether oxygens (including phenoxy) is 1. The van der Waals surface area contributed by atoms with Crippen molar-refractivity contribution < 1.29 is 18.8 Å². The number of aliphatic hydroxyl groups is 1. The second-order valence-corrected chi connectivity index (χ2v) is 10.7. The largest absolute Gasteiger partial charge is 0.392 e. The normalized spacial score (nSPS) is 22.6. The molecule has 3 rings (SSSR count). The number of benzene rings is 2. The molecule has 1 unspecified atom stereocenters. The van der Waals surface area contributed by atoms with E-state index in [9.17, 15) is 14.1 Å². The van der Waals surface area contributed by atoms with Gasteiger partial charge < -0.3 is 9.84 Å². The molecule has 0 spiro atoms. The molecule has 1 saturated carbocycles. The number of hydrogen-bond donors (Lipinski definition) is 1. The van der Waals surface area contributed by atoms with E-state index >= 15 is 0 Å². The molecule has 1 aliphatic carbocycles. The van der Waals surface area contributed by atoms with Crippen LogP contribution in [-0.2, 0) is 26.9 Å². The molecule has 5 heteroatoms. The summed E-state index contributed by atoms with van der Waals surface area (Å²) in [5, 5.41) is 12.6. The van der Waals surface area contributed by atoms with Crippen molar-refractivity contribution in [2.45, 2.75) is 70.0 Å². The fourth-order valence-electron chi connectivity index (χ4n) is 4.66. The van der Waals surface area contributed by atoms with Crippen LogP contribution in [0, 0.1) is 18.3 Å². The predicted molar refractivity (Wildman–Crippen MR) is 133 cm³/mol. The summed E-state index contributed by atoms with van der Waals surface area (Å²) in [4.78, 5) is 13.4. The molecule has 0 heterocycles. The first-order valence-electron chi connectivity index (χ1n) is 11.9. The van der Waals surface area contributed by atoms with Crippen molar-refractivity contribution in [1.29, 1.82) is 0 Å². The zero-order valence-electron chi connectivity index (χ0n) is 19.7. The van der Waals surface area contributed by atoms with E-state index in [1.807, 2.05) is 67.6 Å². The maximum Gasteiger partial charge on any atom is 0.139 e. The average molecular weight is 469 g/mol. The number of allylic oxidation sites excluding steroid dienone is 1. The summed E-state index contributed by atoms with van der Waals surface area (Å²) in [6, 6.07) is 17.7. The lowest BCUT2D eigenvalue weighted by atomic mass is 9.73. The second-order valence-electron chi connectivity index (χ2n) is 9.39. The van der Waals surface area contributed by atoms with Crippen molar-refractivity contribution in [3.8, 4) is 0 Å². The quantitative estimate of drug-likeness (QED) is 0.404. The Balaban J connectivity index is 1.45. The molecular weight excluding hydrogens is 432 g/mol. The predicted octanol–water partition coefficient (Wildman–Crippen LogP) is 5.74. The first kappa shape index (κ1) is 25.5. The number of Topliss-reactive ketones (excluding diaryl/α,β-unsaturated/α-hetero) is 1. The number of ketones is 1. The molecule has 4 atom stereocenters. The van der Waals surface area contributed by atoms with Crippen molar-refractivity contribution in [3.05, 3.63) is 77.2 Å². The van der Waals surface area contributed by atoms with E-state index in [0.717, 1.165) is 35.3 Å². The number of rotatable bonds is 12. The van der Waals surface area contributed by atoms with Gasteiger partial charge in [0.25, 0.3) is 0 Å². The van der Waals surface area contributed by atoms with Crippen LogP contribution >= 0.6 is 0 Å². The van der Waals surface area contributed by atoms with Crippen molar-refractivity contribution in [3.63, 3.8) is 0 Å². The number of unbranched alkanes of at least 4 members (excludes halogenated alkanes) is 1. The van der Waals surface area contributed by atoms with Crippen LogP contribution in [0.15, 0.2) is 71.0 Å². The van der Waals surface area contributed by atoms with E-state index in [4.69, 9.17) is 4.74 Å². The van der Waals surface area contributed by atoms with E-state index in [-0.39, 0.29) is 17.1 Å². The van der Waals surface area contributed by atoms with E-state index in [1.54, 1.807) is 5.41 Å². The van der Waals surface area contributed by atoms with Gasteiger partial charge in [-0.05, 0) is 62.1 Å². The first-order chi connectivity index (χ1) is 15.9. The zero-order chi connectivity index (χ0) is 23.7. The third-order valence-electron chi connectivity index (χ3n) is 6.63. The number of hydrogen-bond acceptors (Lipinski definition) is 4. The number of carbonyl (C=O) groups is 1. The Labute approximate surface area is 200 Å². The monoisotopic (exact) mass is 468 g/mol. The summed E-state index contributed by atoms with van der Waals surface area (Å²) in [5.41, 5.74) is 1.99. The minimum atomic E-state index is -1.20. The lowest BCUT2D eigenvalue weighted by Gasteiger charge is -2.32. The van der Waals surface area contributed by atoms with Crippen molar-refractivity contribution in [1.82, 2.24) is 0 Å². The fraction of sp³-hybridized carbons (Fsp3) is 0.464. The van der Waals surface area contributed by atoms with Gasteiger partial charge in [0.2, 0.25) is 0 Å². The van der Waals surface area contributed by atoms with Gasteiger partial charge in [-0.1, -0.05) is 61.0 Å². The highest BCUT2D eigenvalue weighted by Gasteiger charge is 2.47. The molecule has 4 nitrogen and oxygen atoms in total. The van der Waals surface area contributed by atoms with Crippen LogP contribution in [0.25, 0.3) is 0 Å². The molecule has 1 N–H and O–H groups in total. The van der Waals surface area contributed by atoms with Crippen LogP contribution in [-0.4, -0.2) is 27.8 Å². The molecule has 0 aliphatic heterocycles. The number of aryl methyl sites for hydroxylation is 1. The minimum absolute atomic E-state index is 0.151. The maximum absolute atomic E-state index is 12.6. The van der Waals surface area contributed by atoms with Gasteiger partial charge in [-0.15, -0.1) is 0 Å². The van der Waals surface area contributed by atoms with Crippen molar-refractivity contribution in [2.75, 3.05) is 6.61 Å². The third kappa shape index (κ3) is 7.46. The molecular formula is C28H36O4S. The Kier molecular flexibility index (Phi) is 9.60. The Bertz CT molecular complexity index is 938. The lowest BCUT2D eigenvalue weighted by Crippen LogP contribution is -2.35. The number of aliphatic hydroxyl groups excluding tert-OH is 1. The minimum Gasteiger partial charge on any atom is -0.392 e. The zero-order valence-corrected chi connectivity index (χ0v) is 20.6. The molecule has 33 heavy (non-hydrogen) atoms. The van der Waals surface area contributed by atoms with Gasteiger partial charge in [-0.2, -0.15) is 0 Å². The Hall–Kier alpha value is -2.08. The van der Waals surface area contributed by atoms with Gasteiger partial charge in [0, 0.05) is 29.2 Å². The van der Waals surface area contributed by atoms with Crippen LogP contribution in [0.1, 0.15) is 56.6 Å². The van der Waals surface area contributed by atoms with Crippen LogP contribution in [0.5, 0.6) is 0 Å². The lowest BCUT2D eigenvalue weighted by molar-refractivity contribution is -0.126. The summed E-state index contributed by atoms with van der Waals surface area (Å²) in [6.07, 6.45) is 5.46. The summed E-state index contributed by atoms with van der Waals surface area (Å²) in [6.45, 7) is 5.32. The van der Waals surface area contributed by atoms with Crippen LogP contribution in [0.4, 0.5) is 0 Å². The molecule has 0 bridgehead atoms. The average Bonchev–Trinajstić information content (AvgIpc) is 3.11. The summed E-state index contributed by atoms with van der Waals surface area (Å²) < 4.78 is 18.2. The van der Waals surface area contributed by atoms with E-state index in [2.05, 4.69) is 6.92 Å². The maximum atomic E-state index is 12.6. The topological polar surface area (TPSA) is 63.6 Å². The highest BCUT2D eigenvalue weighted by Crippen LogP contribution is 2.46. The molecule has 178 valence electrons. The molecule has 0 amide bonds. The van der Waals surface area contributed by atoms with Gasteiger partial charge in [0.15, 0.2) is 0 Å². The Morgan fingerprint density at radius 3 is 2.61 bits per heavy atom. The molecule has 1 fully saturated rings. The van der Waals surface area contributed by atoms with Gasteiger partial charge >= 0.3 is 0 Å². The highest BCUT2D eigenvalue weighted by atomic mass is 32.2. The van der Waals surface area contributed by atoms with Gasteiger partial charge in [-0.25, -0.2) is 4.21 Å². The van der Waals surface area contributed by atoms with Crippen molar-refractivity contribution in [2.24, 2.45) is 11.3 Å². The molecule has 2 aromatic rings. The molecule has 0 saturated heterocycles. The Morgan fingerprint density at radius 1 is 1.15 bits per heavy atom. The molecule has 0 aromatic heterocycles. The van der Waals surface area contributed by atoms with Crippen LogP contribution in [0.2, 0.25) is 0 Å². The summed E-state index contributed by atoms with van der Waals surface area (Å²) >= 11 is 0. The highest BCUT2D eigenvalue weighted by molar-refractivity contribution is 7.88. The first-order valence-corrected chi connectivity index (χ1v) is 13.1. The van der Waals surface area contributed by atoms with E-state index in [1.165, 1.54) is 0 Å². The van der Waals surface area contributed by atoms with E-state index in [0.29, 0.717) is 32.5 Å². The summed E-state index contributed by atoms with van der Waals surface area (Å²) in [7, 11) is -1.20. The van der Waals surface area contributed by atoms with Crippen LogP contribution in [0.3, 0.4) is 0 Å². The third-order valence-corrected chi connectivity index (χ3v) is 7.81. The molecule has 0 radical (unpaired) electrons. The SMILES string of the molecule is Cc1ccc(S(=O)/C=C/C[C@]2(C)CCC(=O)[C@H]2[C@@H](O)CCCCOCc2ccccc2)cc1. The smallest absolute Gasteiger partial charge is 0.139 e. The van der Waals surface area contributed by atoms with Crippen molar-refractivity contribution >= 4 is 16.6 Å². The summed E-state index contributed by atoms with van der Waals surface area (Å²) in [5.74, 6) is -0.210. The van der Waals surface area contributed by atoms with E-state index < -0.39 is 16.9 Å². The molecule has 2 aromatic carbocycles. The van der Waals surface area contributed by atoms with Gasteiger partial charge in [0.1, 0.15) is 5.78 Å². The number of carbonyl (C=O) groups excluding carboxylic acids is 1. The van der Waals surface area contributed by atoms with Crippen LogP contribution < -0.4 is 0 Å². The standard InChI is InChI=1S/C28H36O4S/c1-22-12-14-24(15-13-22)33(31)20-8-17-28(2)18-16-26(30)27(28)25(29)11-6-7-19-32-21-23-9-4-3-5-10-23/h3-5,8-10,12-15,20,25,27,29H,6-7,11,16-19,21H2,1-2H3/b20-8+/t25-,27+,28+,33?/m0/s1. The Morgan fingerprint density at radius 2 is 1.88 bits per heavy atom. The fourth-order valence-corrected chi connectivity index (χ4v) is 5.49. The van der Waals surface area contributed by atoms with Gasteiger partial charge in [-0.3, -0.25) is 4.79 Å². The second kappa shape index (κ2) is 12.4. The van der Waals surface area contributed by atoms with Gasteiger partial charge in [0.05, 0.1) is 23.5 Å².